The number of allylic oxidation sites excluding steroid dienone is 2. The van der Waals surface area contributed by atoms with Crippen molar-refractivity contribution in [2.24, 2.45) is 0 Å². The minimum atomic E-state index is 0. The average molecular weight is 136 g/mol. The second-order valence-electron chi connectivity index (χ2n) is 2.02. The molecule has 0 aliphatic rings. The predicted octanol–water partition coefficient (Wildman–Crippen LogP) is -5.51. The maximum atomic E-state index is 2.27. The SMILES string of the molecule is CCC=CCCCC.[H-].[H-].[H-].[Li+].[Li+].[Li+]. The van der Waals surface area contributed by atoms with Crippen LogP contribution in [-0.4, -0.2) is 0 Å². The van der Waals surface area contributed by atoms with Crippen molar-refractivity contribution in [1.82, 2.24) is 0 Å². The summed E-state index contributed by atoms with van der Waals surface area (Å²) in [6, 6.07) is 0. The van der Waals surface area contributed by atoms with Gasteiger partial charge in [-0.2, -0.15) is 0 Å². The number of unbranched alkanes of at least 4 members (excludes halogenated alkanes) is 2. The van der Waals surface area contributed by atoms with Crippen molar-refractivity contribution in [3.8, 4) is 0 Å². The van der Waals surface area contributed by atoms with Crippen LogP contribution in [0.1, 0.15) is 43.8 Å². The van der Waals surface area contributed by atoms with Gasteiger partial charge in [0.05, 0.1) is 0 Å². The van der Waals surface area contributed by atoms with E-state index in [1.807, 2.05) is 0 Å². The fourth-order valence-corrected chi connectivity index (χ4v) is 0.606. The fraction of sp³-hybridized carbons (Fsp3) is 0.750. The molecular formula is C8H19Li3. The van der Waals surface area contributed by atoms with Crippen LogP contribution in [0.15, 0.2) is 12.2 Å². The molecule has 0 bridgehead atoms. The number of hydrogen-bond donors (Lipinski definition) is 0. The monoisotopic (exact) mass is 136 g/mol. The third-order valence-electron chi connectivity index (χ3n) is 1.13. The summed E-state index contributed by atoms with van der Waals surface area (Å²) in [5.74, 6) is 0. The van der Waals surface area contributed by atoms with Crippen LogP contribution >= 0.6 is 0 Å². The Bertz CT molecular complexity index is 72.9. The second-order valence-corrected chi connectivity index (χ2v) is 2.02. The molecular weight excluding hydrogens is 117 g/mol. The first kappa shape index (κ1) is 22.9. The molecule has 0 fully saturated rings. The van der Waals surface area contributed by atoms with Crippen LogP contribution in [0.25, 0.3) is 0 Å². The Kier molecular flexibility index (Phi) is 46.9. The van der Waals surface area contributed by atoms with Crippen molar-refractivity contribution in [3.05, 3.63) is 12.2 Å². The van der Waals surface area contributed by atoms with Gasteiger partial charge in [-0.05, 0) is 12.8 Å². The Hall–Kier alpha value is 1.53. The third-order valence-corrected chi connectivity index (χ3v) is 1.13. The van der Waals surface area contributed by atoms with Crippen LogP contribution in [0.3, 0.4) is 0 Å². The van der Waals surface area contributed by atoms with Crippen LogP contribution in [0.4, 0.5) is 0 Å². The third kappa shape index (κ3) is 24.6. The molecule has 0 N–H and O–H groups in total. The summed E-state index contributed by atoms with van der Waals surface area (Å²) < 4.78 is 0. The molecule has 0 aliphatic carbocycles. The Morgan fingerprint density at radius 2 is 1.55 bits per heavy atom. The average Bonchev–Trinajstić information content (AvgIpc) is 1.81. The van der Waals surface area contributed by atoms with Crippen LogP contribution in [0, 0.1) is 0 Å². The Labute approximate surface area is 112 Å². The van der Waals surface area contributed by atoms with Crippen molar-refractivity contribution in [2.75, 3.05) is 0 Å². The van der Waals surface area contributed by atoms with Crippen LogP contribution in [0.2, 0.25) is 0 Å². The van der Waals surface area contributed by atoms with Gasteiger partial charge in [0, 0.05) is 0 Å². The normalized spacial score (nSPS) is 7.82. The molecule has 0 saturated heterocycles. The maximum Gasteiger partial charge on any atom is 1.00 e. The van der Waals surface area contributed by atoms with Crippen molar-refractivity contribution in [2.45, 2.75) is 39.5 Å². The zero-order valence-electron chi connectivity index (χ0n) is 12.0. The van der Waals surface area contributed by atoms with Gasteiger partial charge in [0.15, 0.2) is 0 Å². The summed E-state index contributed by atoms with van der Waals surface area (Å²) in [5, 5.41) is 0. The topological polar surface area (TPSA) is 0 Å². The summed E-state index contributed by atoms with van der Waals surface area (Å²) >= 11 is 0. The van der Waals surface area contributed by atoms with E-state index in [4.69, 9.17) is 0 Å². The minimum Gasteiger partial charge on any atom is -1.00 e. The van der Waals surface area contributed by atoms with Gasteiger partial charge < -0.3 is 4.28 Å². The van der Waals surface area contributed by atoms with Crippen LogP contribution in [0.5, 0.6) is 0 Å². The van der Waals surface area contributed by atoms with E-state index in [9.17, 15) is 0 Å². The Balaban J connectivity index is -0.0000000163. The first-order chi connectivity index (χ1) is 3.91. The molecule has 0 aromatic rings. The number of rotatable bonds is 4. The molecule has 0 unspecified atom stereocenters. The van der Waals surface area contributed by atoms with E-state index >= 15 is 0 Å². The van der Waals surface area contributed by atoms with Gasteiger partial charge in [-0.1, -0.05) is 38.8 Å². The second kappa shape index (κ2) is 22.5. The van der Waals surface area contributed by atoms with Crippen molar-refractivity contribution < 1.29 is 60.9 Å². The van der Waals surface area contributed by atoms with Gasteiger partial charge in [-0.3, -0.25) is 0 Å². The molecule has 0 amide bonds. The molecule has 0 aliphatic heterocycles. The fourth-order valence-electron chi connectivity index (χ4n) is 0.606. The zero-order valence-corrected chi connectivity index (χ0v) is 8.98. The molecule has 0 rings (SSSR count). The molecule has 0 radical (unpaired) electrons. The standard InChI is InChI=1S/C8H16.3Li.3H/c1-3-5-7-8-6-4-2;;;;;;/h5,7H,3-4,6,8H2,1-2H3;;;;;;/q;3*+1;3*-1. The Morgan fingerprint density at radius 1 is 1.00 bits per heavy atom. The molecule has 54 valence electrons. The zero-order chi connectivity index (χ0) is 6.24. The summed E-state index contributed by atoms with van der Waals surface area (Å²) in [6.45, 7) is 4.39. The van der Waals surface area contributed by atoms with Gasteiger partial charge in [-0.15, -0.1) is 0 Å². The maximum absolute atomic E-state index is 2.27. The molecule has 0 atom stereocenters. The minimum absolute atomic E-state index is 0. The molecule has 11 heavy (non-hydrogen) atoms. The van der Waals surface area contributed by atoms with E-state index in [0.717, 1.165) is 0 Å². The smallest absolute Gasteiger partial charge is 1.00 e. The van der Waals surface area contributed by atoms with Gasteiger partial charge in [0.1, 0.15) is 0 Å². The summed E-state index contributed by atoms with van der Waals surface area (Å²) in [6.07, 6.45) is 9.61. The molecule has 3 heteroatoms. The number of hydrogen-bond acceptors (Lipinski definition) is 0. The van der Waals surface area contributed by atoms with E-state index in [2.05, 4.69) is 26.0 Å². The van der Waals surface area contributed by atoms with Crippen molar-refractivity contribution in [1.29, 1.82) is 0 Å². The molecule has 0 nitrogen and oxygen atoms in total. The van der Waals surface area contributed by atoms with Gasteiger partial charge in [-0.25, -0.2) is 0 Å². The summed E-state index contributed by atoms with van der Waals surface area (Å²) in [5.41, 5.74) is 0. The van der Waals surface area contributed by atoms with Gasteiger partial charge in [0.2, 0.25) is 0 Å². The molecule has 0 aromatic heterocycles. The Morgan fingerprint density at radius 3 is 1.91 bits per heavy atom. The van der Waals surface area contributed by atoms with Crippen LogP contribution < -0.4 is 56.6 Å². The quantitative estimate of drug-likeness (QED) is 0.205. The molecule has 0 aromatic carbocycles. The van der Waals surface area contributed by atoms with E-state index in [1.165, 1.54) is 25.7 Å². The molecule has 0 heterocycles. The van der Waals surface area contributed by atoms with Gasteiger partial charge >= 0.3 is 56.6 Å². The van der Waals surface area contributed by atoms with E-state index in [0.29, 0.717) is 0 Å². The first-order valence-electron chi connectivity index (χ1n) is 3.56. The largest absolute Gasteiger partial charge is 1.00 e. The summed E-state index contributed by atoms with van der Waals surface area (Å²) in [4.78, 5) is 0. The van der Waals surface area contributed by atoms with E-state index in [-0.39, 0.29) is 60.9 Å². The molecule has 0 spiro atoms. The molecule has 0 saturated carbocycles. The summed E-state index contributed by atoms with van der Waals surface area (Å²) in [7, 11) is 0. The van der Waals surface area contributed by atoms with Crippen molar-refractivity contribution >= 4 is 0 Å². The predicted molar refractivity (Wildman–Crippen MR) is 42.3 cm³/mol. The first-order valence-corrected chi connectivity index (χ1v) is 3.56. The van der Waals surface area contributed by atoms with E-state index in [1.54, 1.807) is 0 Å². The van der Waals surface area contributed by atoms with Gasteiger partial charge in [0.25, 0.3) is 0 Å². The van der Waals surface area contributed by atoms with Crippen LogP contribution in [-0.2, 0) is 0 Å². The van der Waals surface area contributed by atoms with Crippen molar-refractivity contribution in [3.63, 3.8) is 0 Å². The van der Waals surface area contributed by atoms with E-state index < -0.39 is 0 Å².